The zero-order valence-electron chi connectivity index (χ0n) is 13.4. The Hall–Kier alpha value is -0.510. The summed E-state index contributed by atoms with van der Waals surface area (Å²) in [5, 5.41) is 8.42. The molecular formula is C18H35N. The van der Waals surface area contributed by atoms with Gasteiger partial charge in [-0.25, -0.2) is 0 Å². The Bertz CT molecular complexity index is 202. The summed E-state index contributed by atoms with van der Waals surface area (Å²) in [6, 6.07) is 2.21. The first-order chi connectivity index (χ1) is 9.27. The molecule has 0 amide bonds. The van der Waals surface area contributed by atoms with Gasteiger partial charge in [0.1, 0.15) is 0 Å². The molecule has 0 saturated carbocycles. The van der Waals surface area contributed by atoms with Crippen LogP contribution in [0.4, 0.5) is 0 Å². The zero-order valence-corrected chi connectivity index (χ0v) is 13.4. The number of unbranched alkanes of at least 4 members (excludes halogenated alkanes) is 12. The van der Waals surface area contributed by atoms with Crippen LogP contribution in [0.3, 0.4) is 0 Å². The molecule has 0 aromatic carbocycles. The number of hydrogen-bond acceptors (Lipinski definition) is 1. The molecule has 1 nitrogen and oxygen atoms in total. The Kier molecular flexibility index (Phi) is 15.1. The highest BCUT2D eigenvalue weighted by molar-refractivity contribution is 4.67. The van der Waals surface area contributed by atoms with Crippen LogP contribution in [-0.4, -0.2) is 0 Å². The van der Waals surface area contributed by atoms with E-state index < -0.39 is 0 Å². The lowest BCUT2D eigenvalue weighted by Gasteiger charge is -2.04. The van der Waals surface area contributed by atoms with E-state index in [1.807, 2.05) is 0 Å². The molecule has 19 heavy (non-hydrogen) atoms. The van der Waals surface area contributed by atoms with Gasteiger partial charge < -0.3 is 0 Å². The highest BCUT2D eigenvalue weighted by Crippen LogP contribution is 2.14. The van der Waals surface area contributed by atoms with Crippen LogP contribution in [0.25, 0.3) is 0 Å². The summed E-state index contributed by atoms with van der Waals surface area (Å²) in [6.07, 6.45) is 18.7. The first kappa shape index (κ1) is 18.5. The number of rotatable bonds is 14. The topological polar surface area (TPSA) is 23.8 Å². The number of nitriles is 1. The average Bonchev–Trinajstić information content (AvgIpc) is 2.39. The van der Waals surface area contributed by atoms with Crippen molar-refractivity contribution in [1.82, 2.24) is 0 Å². The molecule has 0 atom stereocenters. The molecule has 0 rings (SSSR count). The summed E-state index contributed by atoms with van der Waals surface area (Å²) in [4.78, 5) is 0. The fourth-order valence-electron chi connectivity index (χ4n) is 2.52. The maximum atomic E-state index is 8.42. The predicted molar refractivity (Wildman–Crippen MR) is 85.1 cm³/mol. The molecule has 0 radical (unpaired) electrons. The summed E-state index contributed by atoms with van der Waals surface area (Å²) in [7, 11) is 0. The van der Waals surface area contributed by atoms with Crippen molar-refractivity contribution in [2.75, 3.05) is 0 Å². The van der Waals surface area contributed by atoms with E-state index in [9.17, 15) is 0 Å². The number of nitrogens with zero attached hydrogens (tertiary/aromatic N) is 1. The van der Waals surface area contributed by atoms with Crippen molar-refractivity contribution in [2.24, 2.45) is 5.92 Å². The van der Waals surface area contributed by atoms with Gasteiger partial charge in [-0.2, -0.15) is 5.26 Å². The fourth-order valence-corrected chi connectivity index (χ4v) is 2.52. The van der Waals surface area contributed by atoms with E-state index in [1.165, 1.54) is 77.0 Å². The molecule has 1 heteroatoms. The normalized spacial score (nSPS) is 10.8. The number of hydrogen-bond donors (Lipinski definition) is 0. The van der Waals surface area contributed by atoms with Gasteiger partial charge >= 0.3 is 0 Å². The first-order valence-corrected chi connectivity index (χ1v) is 8.64. The molecule has 0 aliphatic carbocycles. The maximum absolute atomic E-state index is 8.42. The van der Waals surface area contributed by atoms with Crippen LogP contribution in [0.5, 0.6) is 0 Å². The Balaban J connectivity index is 2.94. The average molecular weight is 265 g/mol. The van der Waals surface area contributed by atoms with Crippen molar-refractivity contribution < 1.29 is 0 Å². The van der Waals surface area contributed by atoms with Gasteiger partial charge in [0.15, 0.2) is 0 Å². The molecular weight excluding hydrogens is 230 g/mol. The van der Waals surface area contributed by atoms with Gasteiger partial charge in [-0.3, -0.25) is 0 Å². The monoisotopic (exact) mass is 265 g/mol. The SMILES string of the molecule is CC(C)CCCCCCCCCCCCCCC#N. The van der Waals surface area contributed by atoms with E-state index in [4.69, 9.17) is 5.26 Å². The Morgan fingerprint density at radius 1 is 0.632 bits per heavy atom. The highest BCUT2D eigenvalue weighted by atomic mass is 14.2. The Morgan fingerprint density at radius 3 is 1.37 bits per heavy atom. The standard InChI is InChI=1S/C18H35N/c1-18(2)16-14-12-10-8-6-4-3-5-7-9-11-13-15-17-19/h18H,3-16H2,1-2H3. The molecule has 0 aromatic heterocycles. The van der Waals surface area contributed by atoms with Gasteiger partial charge in [0, 0.05) is 6.42 Å². The van der Waals surface area contributed by atoms with Crippen molar-refractivity contribution >= 4 is 0 Å². The molecule has 112 valence electrons. The summed E-state index contributed by atoms with van der Waals surface area (Å²) >= 11 is 0. The minimum Gasteiger partial charge on any atom is -0.198 e. The van der Waals surface area contributed by atoms with E-state index in [-0.39, 0.29) is 0 Å². The minimum atomic E-state index is 0.747. The van der Waals surface area contributed by atoms with E-state index in [1.54, 1.807) is 0 Å². The largest absolute Gasteiger partial charge is 0.198 e. The predicted octanol–water partition coefficient (Wildman–Crippen LogP) is 6.63. The van der Waals surface area contributed by atoms with E-state index >= 15 is 0 Å². The van der Waals surface area contributed by atoms with Crippen LogP contribution in [0.15, 0.2) is 0 Å². The van der Waals surface area contributed by atoms with E-state index in [2.05, 4.69) is 19.9 Å². The molecule has 0 bridgehead atoms. The fraction of sp³-hybridized carbons (Fsp3) is 0.944. The zero-order chi connectivity index (χ0) is 14.2. The third-order valence-electron chi connectivity index (χ3n) is 3.82. The van der Waals surface area contributed by atoms with Gasteiger partial charge in [0.2, 0.25) is 0 Å². The van der Waals surface area contributed by atoms with Crippen molar-refractivity contribution in [3.8, 4) is 6.07 Å². The minimum absolute atomic E-state index is 0.747. The Morgan fingerprint density at radius 2 is 1.00 bits per heavy atom. The van der Waals surface area contributed by atoms with Crippen molar-refractivity contribution in [3.63, 3.8) is 0 Å². The van der Waals surface area contributed by atoms with Crippen molar-refractivity contribution in [1.29, 1.82) is 5.26 Å². The van der Waals surface area contributed by atoms with Crippen LogP contribution in [-0.2, 0) is 0 Å². The summed E-state index contributed by atoms with van der Waals surface area (Å²) in [5.41, 5.74) is 0. The van der Waals surface area contributed by atoms with Crippen LogP contribution < -0.4 is 0 Å². The second-order valence-electron chi connectivity index (χ2n) is 6.33. The highest BCUT2D eigenvalue weighted by Gasteiger charge is 1.95. The molecule has 0 aromatic rings. The van der Waals surface area contributed by atoms with Crippen LogP contribution in [0, 0.1) is 17.2 Å². The van der Waals surface area contributed by atoms with Crippen LogP contribution in [0.1, 0.15) is 104 Å². The molecule has 0 saturated heterocycles. The van der Waals surface area contributed by atoms with Crippen molar-refractivity contribution in [3.05, 3.63) is 0 Å². The first-order valence-electron chi connectivity index (χ1n) is 8.64. The van der Waals surface area contributed by atoms with Crippen LogP contribution >= 0.6 is 0 Å². The quantitative estimate of drug-likeness (QED) is 0.323. The molecule has 0 unspecified atom stereocenters. The molecule has 0 heterocycles. The van der Waals surface area contributed by atoms with Gasteiger partial charge in [0.05, 0.1) is 6.07 Å². The van der Waals surface area contributed by atoms with E-state index in [0.29, 0.717) is 0 Å². The van der Waals surface area contributed by atoms with Gasteiger partial charge in [0.25, 0.3) is 0 Å². The van der Waals surface area contributed by atoms with Gasteiger partial charge in [-0.1, -0.05) is 90.9 Å². The lowest BCUT2D eigenvalue weighted by Crippen LogP contribution is -1.87. The molecule has 0 fully saturated rings. The molecule has 0 N–H and O–H groups in total. The van der Waals surface area contributed by atoms with E-state index in [0.717, 1.165) is 18.8 Å². The van der Waals surface area contributed by atoms with Gasteiger partial charge in [-0.05, 0) is 12.3 Å². The lowest BCUT2D eigenvalue weighted by atomic mass is 10.0. The van der Waals surface area contributed by atoms with Crippen LogP contribution in [0.2, 0.25) is 0 Å². The third-order valence-corrected chi connectivity index (χ3v) is 3.82. The molecule has 0 aliphatic rings. The smallest absolute Gasteiger partial charge is 0.0621 e. The summed E-state index contributed by atoms with van der Waals surface area (Å²) in [5.74, 6) is 0.883. The Labute approximate surface area is 121 Å². The molecule has 0 aliphatic heterocycles. The van der Waals surface area contributed by atoms with Gasteiger partial charge in [-0.15, -0.1) is 0 Å². The lowest BCUT2D eigenvalue weighted by molar-refractivity contribution is 0.503. The van der Waals surface area contributed by atoms with Crippen molar-refractivity contribution in [2.45, 2.75) is 104 Å². The summed E-state index contributed by atoms with van der Waals surface area (Å²) < 4.78 is 0. The second-order valence-corrected chi connectivity index (χ2v) is 6.33. The summed E-state index contributed by atoms with van der Waals surface area (Å²) in [6.45, 7) is 4.64. The maximum Gasteiger partial charge on any atom is 0.0621 e. The second kappa shape index (κ2) is 15.5. The third kappa shape index (κ3) is 17.5. The molecule has 0 spiro atoms.